The van der Waals surface area contributed by atoms with Crippen LogP contribution in [0.4, 0.5) is 5.13 Å². The lowest BCUT2D eigenvalue weighted by Gasteiger charge is -2.09. The highest BCUT2D eigenvalue weighted by atomic mass is 32.2. The molecule has 0 atom stereocenters. The molecule has 2 heterocycles. The fraction of sp³-hybridized carbons (Fsp3) is 0.250. The third-order valence-corrected chi connectivity index (χ3v) is 5.42. The first-order valence-electron chi connectivity index (χ1n) is 7.09. The number of benzene rings is 1. The van der Waals surface area contributed by atoms with Crippen LogP contribution in [0.2, 0.25) is 0 Å². The second-order valence-electron chi connectivity index (χ2n) is 5.09. The third kappa shape index (κ3) is 3.51. The van der Waals surface area contributed by atoms with Gasteiger partial charge in [-0.05, 0) is 19.1 Å². The summed E-state index contributed by atoms with van der Waals surface area (Å²) in [6, 6.07) is 7.86. The Balaban J connectivity index is 1.76. The maximum absolute atomic E-state index is 11.4. The summed E-state index contributed by atoms with van der Waals surface area (Å²) >= 11 is 3.09. The van der Waals surface area contributed by atoms with Crippen molar-refractivity contribution < 1.29 is 4.79 Å². The number of para-hydroxylation sites is 2. The Hall–Kier alpha value is -1.99. The number of anilines is 1. The number of fused-ring (bicyclic) bond motifs is 1. The zero-order valence-corrected chi connectivity index (χ0v) is 14.7. The summed E-state index contributed by atoms with van der Waals surface area (Å²) in [5.41, 5.74) is 3.67. The quantitative estimate of drug-likeness (QED) is 0.676. The molecule has 0 aliphatic heterocycles. The molecule has 1 aromatic carbocycles. The van der Waals surface area contributed by atoms with Crippen LogP contribution in [0.15, 0.2) is 34.7 Å². The number of amides is 1. The Bertz CT molecular complexity index is 862. The number of thiazole rings is 1. The summed E-state index contributed by atoms with van der Waals surface area (Å²) in [4.78, 5) is 26.7. The minimum Gasteiger partial charge on any atom is -0.292 e. The zero-order chi connectivity index (χ0) is 16.4. The summed E-state index contributed by atoms with van der Waals surface area (Å²) in [5, 5.41) is 3.61. The van der Waals surface area contributed by atoms with Crippen molar-refractivity contribution in [3.63, 3.8) is 0 Å². The van der Waals surface area contributed by atoms with Crippen LogP contribution in [0.3, 0.4) is 0 Å². The summed E-state index contributed by atoms with van der Waals surface area (Å²) in [6.07, 6.45) is 0. The predicted octanol–water partition coefficient (Wildman–Crippen LogP) is 3.67. The van der Waals surface area contributed by atoms with Crippen molar-refractivity contribution in [2.24, 2.45) is 0 Å². The summed E-state index contributed by atoms with van der Waals surface area (Å²) in [7, 11) is 1.73. The van der Waals surface area contributed by atoms with E-state index in [4.69, 9.17) is 0 Å². The summed E-state index contributed by atoms with van der Waals surface area (Å²) in [6.45, 7) is 3.50. The second kappa shape index (κ2) is 6.64. The highest BCUT2D eigenvalue weighted by molar-refractivity contribution is 7.98. The normalized spacial score (nSPS) is 10.9. The minimum atomic E-state index is -0.0187. The number of hydrogen-bond donors (Lipinski definition) is 0. The topological polar surface area (TPSA) is 59.0 Å². The SMILES string of the molecule is CC(=O)N(C)c1nc(CSc2nc3ccccc3nc2C)cs1. The van der Waals surface area contributed by atoms with Crippen LogP contribution in [-0.4, -0.2) is 27.9 Å². The molecule has 3 aromatic rings. The molecule has 0 bridgehead atoms. The van der Waals surface area contributed by atoms with Gasteiger partial charge in [0.25, 0.3) is 0 Å². The monoisotopic (exact) mass is 344 g/mol. The van der Waals surface area contributed by atoms with E-state index in [-0.39, 0.29) is 5.91 Å². The molecular weight excluding hydrogens is 328 g/mol. The number of rotatable bonds is 4. The van der Waals surface area contributed by atoms with Gasteiger partial charge in [0.1, 0.15) is 5.03 Å². The standard InChI is InChI=1S/C16H16N4OS2/c1-10-15(19-14-7-5-4-6-13(14)17-10)22-8-12-9-23-16(18-12)20(3)11(2)21/h4-7,9H,8H2,1-3H3. The van der Waals surface area contributed by atoms with Gasteiger partial charge in [-0.1, -0.05) is 23.9 Å². The number of aromatic nitrogens is 3. The van der Waals surface area contributed by atoms with Crippen molar-refractivity contribution in [3.8, 4) is 0 Å². The Labute approximate surface area is 142 Å². The highest BCUT2D eigenvalue weighted by Gasteiger charge is 2.12. The van der Waals surface area contributed by atoms with Crippen LogP contribution >= 0.6 is 23.1 Å². The van der Waals surface area contributed by atoms with Crippen LogP contribution in [0, 0.1) is 6.92 Å². The van der Waals surface area contributed by atoms with Crippen LogP contribution in [0.5, 0.6) is 0 Å². The van der Waals surface area contributed by atoms with Gasteiger partial charge in [-0.15, -0.1) is 11.3 Å². The molecular formula is C16H16N4OS2. The van der Waals surface area contributed by atoms with Gasteiger partial charge >= 0.3 is 0 Å². The summed E-state index contributed by atoms with van der Waals surface area (Å²) < 4.78 is 0. The molecule has 0 spiro atoms. The maximum Gasteiger partial charge on any atom is 0.225 e. The molecule has 0 saturated heterocycles. The van der Waals surface area contributed by atoms with Crippen molar-refractivity contribution in [1.82, 2.24) is 15.0 Å². The van der Waals surface area contributed by atoms with Crippen molar-refractivity contribution >= 4 is 45.2 Å². The molecule has 0 saturated carbocycles. The number of nitrogens with zero attached hydrogens (tertiary/aromatic N) is 4. The van der Waals surface area contributed by atoms with E-state index in [0.717, 1.165) is 32.6 Å². The minimum absolute atomic E-state index is 0.0187. The van der Waals surface area contributed by atoms with Gasteiger partial charge in [-0.25, -0.2) is 15.0 Å². The molecule has 5 nitrogen and oxygen atoms in total. The number of aryl methyl sites for hydroxylation is 1. The van der Waals surface area contributed by atoms with E-state index < -0.39 is 0 Å². The Kier molecular flexibility index (Phi) is 4.58. The average Bonchev–Trinajstić information content (AvgIpc) is 3.00. The van der Waals surface area contributed by atoms with Gasteiger partial charge < -0.3 is 0 Å². The van der Waals surface area contributed by atoms with E-state index in [1.807, 2.05) is 36.6 Å². The van der Waals surface area contributed by atoms with Crippen LogP contribution in [0.25, 0.3) is 11.0 Å². The van der Waals surface area contributed by atoms with Crippen LogP contribution < -0.4 is 4.90 Å². The highest BCUT2D eigenvalue weighted by Crippen LogP contribution is 2.27. The number of hydrogen-bond acceptors (Lipinski definition) is 6. The van der Waals surface area contributed by atoms with E-state index in [9.17, 15) is 4.79 Å². The predicted molar refractivity (Wildman–Crippen MR) is 95.0 cm³/mol. The first-order valence-corrected chi connectivity index (χ1v) is 8.96. The molecule has 3 rings (SSSR count). The van der Waals surface area contributed by atoms with Gasteiger partial charge in [-0.2, -0.15) is 0 Å². The molecule has 0 aliphatic carbocycles. The van der Waals surface area contributed by atoms with E-state index in [2.05, 4.69) is 15.0 Å². The Morgan fingerprint density at radius 2 is 1.91 bits per heavy atom. The molecule has 118 valence electrons. The smallest absolute Gasteiger partial charge is 0.225 e. The lowest BCUT2D eigenvalue weighted by Crippen LogP contribution is -2.22. The van der Waals surface area contributed by atoms with Gasteiger partial charge in [0.05, 0.1) is 22.4 Å². The van der Waals surface area contributed by atoms with Crippen LogP contribution in [0.1, 0.15) is 18.3 Å². The molecule has 2 aromatic heterocycles. The molecule has 0 fully saturated rings. The fourth-order valence-corrected chi connectivity index (χ4v) is 3.79. The molecule has 23 heavy (non-hydrogen) atoms. The number of carbonyl (C=O) groups is 1. The van der Waals surface area contributed by atoms with Gasteiger partial charge in [0, 0.05) is 25.1 Å². The molecule has 7 heteroatoms. The van der Waals surface area contributed by atoms with Gasteiger partial charge in [-0.3, -0.25) is 9.69 Å². The number of carbonyl (C=O) groups excluding carboxylic acids is 1. The molecule has 0 N–H and O–H groups in total. The second-order valence-corrected chi connectivity index (χ2v) is 6.89. The van der Waals surface area contributed by atoms with E-state index in [1.165, 1.54) is 18.3 Å². The van der Waals surface area contributed by atoms with E-state index in [1.54, 1.807) is 23.7 Å². The van der Waals surface area contributed by atoms with Crippen molar-refractivity contribution in [2.45, 2.75) is 24.6 Å². The van der Waals surface area contributed by atoms with Crippen molar-refractivity contribution in [1.29, 1.82) is 0 Å². The molecule has 0 aliphatic rings. The number of thioether (sulfide) groups is 1. The Morgan fingerprint density at radius 3 is 2.61 bits per heavy atom. The lowest BCUT2D eigenvalue weighted by molar-refractivity contribution is -0.116. The first kappa shape index (κ1) is 15.9. The average molecular weight is 344 g/mol. The third-order valence-electron chi connectivity index (χ3n) is 3.36. The van der Waals surface area contributed by atoms with Crippen molar-refractivity contribution in [2.75, 3.05) is 11.9 Å². The Morgan fingerprint density at radius 1 is 1.22 bits per heavy atom. The molecule has 1 amide bonds. The van der Waals surface area contributed by atoms with E-state index in [0.29, 0.717) is 5.75 Å². The molecule has 0 radical (unpaired) electrons. The zero-order valence-electron chi connectivity index (χ0n) is 13.1. The molecule has 0 unspecified atom stereocenters. The van der Waals surface area contributed by atoms with E-state index >= 15 is 0 Å². The lowest BCUT2D eigenvalue weighted by atomic mass is 10.3. The van der Waals surface area contributed by atoms with Gasteiger partial charge in [0.2, 0.25) is 5.91 Å². The maximum atomic E-state index is 11.4. The van der Waals surface area contributed by atoms with Gasteiger partial charge in [0.15, 0.2) is 5.13 Å². The largest absolute Gasteiger partial charge is 0.292 e. The summed E-state index contributed by atoms with van der Waals surface area (Å²) in [5.74, 6) is 0.686. The fourth-order valence-electron chi connectivity index (χ4n) is 2.00. The van der Waals surface area contributed by atoms with Crippen LogP contribution in [-0.2, 0) is 10.5 Å². The first-order chi connectivity index (χ1) is 11.0. The van der Waals surface area contributed by atoms with Crippen molar-refractivity contribution in [3.05, 3.63) is 41.0 Å².